The molecule has 1 N–H and O–H groups in total. The van der Waals surface area contributed by atoms with Crippen molar-refractivity contribution in [2.24, 2.45) is 0 Å². The van der Waals surface area contributed by atoms with E-state index in [1.54, 1.807) is 26.2 Å². The standard InChI is InChI=1S/C15H16N2O3/c1-10-11(15(18)19)8-9-14(16-10)17(2)12-6-4-5-7-13(12)20-3/h4-9H,1-3H3,(H,18,19). The van der Waals surface area contributed by atoms with Gasteiger partial charge in [0.2, 0.25) is 0 Å². The summed E-state index contributed by atoms with van der Waals surface area (Å²) in [5, 5.41) is 9.02. The van der Waals surface area contributed by atoms with Crippen LogP contribution in [0, 0.1) is 6.92 Å². The lowest BCUT2D eigenvalue weighted by molar-refractivity contribution is 0.0695. The normalized spacial score (nSPS) is 10.2. The van der Waals surface area contributed by atoms with Gasteiger partial charge in [-0.25, -0.2) is 9.78 Å². The highest BCUT2D eigenvalue weighted by atomic mass is 16.5. The Morgan fingerprint density at radius 3 is 2.55 bits per heavy atom. The molecular weight excluding hydrogens is 256 g/mol. The fourth-order valence-electron chi connectivity index (χ4n) is 1.99. The number of methoxy groups -OCH3 is 1. The largest absolute Gasteiger partial charge is 0.495 e. The van der Waals surface area contributed by atoms with Crippen molar-refractivity contribution in [3.63, 3.8) is 0 Å². The smallest absolute Gasteiger partial charge is 0.337 e. The number of rotatable bonds is 4. The minimum Gasteiger partial charge on any atom is -0.495 e. The molecule has 0 aliphatic heterocycles. The van der Waals surface area contributed by atoms with Crippen LogP contribution in [0.4, 0.5) is 11.5 Å². The molecule has 0 atom stereocenters. The van der Waals surface area contributed by atoms with E-state index in [2.05, 4.69) is 4.98 Å². The molecule has 0 fully saturated rings. The molecule has 5 nitrogen and oxygen atoms in total. The van der Waals surface area contributed by atoms with Gasteiger partial charge < -0.3 is 14.7 Å². The number of benzene rings is 1. The molecular formula is C15H16N2O3. The van der Waals surface area contributed by atoms with Crippen LogP contribution in [0.15, 0.2) is 36.4 Å². The zero-order chi connectivity index (χ0) is 14.7. The van der Waals surface area contributed by atoms with E-state index < -0.39 is 5.97 Å². The summed E-state index contributed by atoms with van der Waals surface area (Å²) in [6.45, 7) is 1.68. The molecule has 20 heavy (non-hydrogen) atoms. The van der Waals surface area contributed by atoms with Gasteiger partial charge in [0.1, 0.15) is 11.6 Å². The lowest BCUT2D eigenvalue weighted by Gasteiger charge is -2.21. The van der Waals surface area contributed by atoms with Crippen LogP contribution in [0.5, 0.6) is 5.75 Å². The van der Waals surface area contributed by atoms with Gasteiger partial charge in [-0.05, 0) is 31.2 Å². The van der Waals surface area contributed by atoms with E-state index in [4.69, 9.17) is 9.84 Å². The first-order chi connectivity index (χ1) is 9.54. The average molecular weight is 272 g/mol. The van der Waals surface area contributed by atoms with E-state index in [0.29, 0.717) is 11.5 Å². The van der Waals surface area contributed by atoms with Gasteiger partial charge in [-0.1, -0.05) is 12.1 Å². The molecule has 2 rings (SSSR count). The third-order valence-corrected chi connectivity index (χ3v) is 3.09. The highest BCUT2D eigenvalue weighted by Crippen LogP contribution is 2.31. The number of pyridine rings is 1. The molecule has 2 aromatic rings. The first-order valence-electron chi connectivity index (χ1n) is 6.12. The number of aryl methyl sites for hydroxylation is 1. The maximum absolute atomic E-state index is 11.0. The van der Waals surface area contributed by atoms with Crippen LogP contribution in [-0.4, -0.2) is 30.2 Å². The highest BCUT2D eigenvalue weighted by Gasteiger charge is 2.13. The van der Waals surface area contributed by atoms with Crippen molar-refractivity contribution < 1.29 is 14.6 Å². The van der Waals surface area contributed by atoms with Crippen molar-refractivity contribution in [3.05, 3.63) is 47.7 Å². The molecule has 1 aromatic carbocycles. The summed E-state index contributed by atoms with van der Waals surface area (Å²) in [6, 6.07) is 10.8. The molecule has 0 spiro atoms. The summed E-state index contributed by atoms with van der Waals surface area (Å²) in [4.78, 5) is 17.2. The van der Waals surface area contributed by atoms with Crippen molar-refractivity contribution in [1.82, 2.24) is 4.98 Å². The maximum Gasteiger partial charge on any atom is 0.337 e. The molecule has 0 saturated heterocycles. The topological polar surface area (TPSA) is 62.7 Å². The number of aromatic carboxylic acids is 1. The van der Waals surface area contributed by atoms with Gasteiger partial charge in [0.15, 0.2) is 0 Å². The summed E-state index contributed by atoms with van der Waals surface area (Å²) in [5.41, 5.74) is 1.56. The van der Waals surface area contributed by atoms with E-state index in [1.807, 2.05) is 36.2 Å². The molecule has 0 bridgehead atoms. The number of anilines is 2. The number of hydrogen-bond donors (Lipinski definition) is 1. The third kappa shape index (κ3) is 2.56. The molecule has 0 amide bonds. The Kier molecular flexibility index (Phi) is 3.89. The Hall–Kier alpha value is -2.56. The molecule has 0 aliphatic rings. The van der Waals surface area contributed by atoms with Crippen molar-refractivity contribution >= 4 is 17.5 Å². The van der Waals surface area contributed by atoms with Gasteiger partial charge in [0.05, 0.1) is 24.1 Å². The molecule has 0 unspecified atom stereocenters. The maximum atomic E-state index is 11.0. The average Bonchev–Trinajstić information content (AvgIpc) is 2.45. The Morgan fingerprint density at radius 1 is 1.25 bits per heavy atom. The van der Waals surface area contributed by atoms with Gasteiger partial charge in [-0.2, -0.15) is 0 Å². The quantitative estimate of drug-likeness (QED) is 0.927. The third-order valence-electron chi connectivity index (χ3n) is 3.09. The lowest BCUT2D eigenvalue weighted by atomic mass is 10.2. The number of carbonyl (C=O) groups is 1. The fraction of sp³-hybridized carbons (Fsp3) is 0.200. The summed E-state index contributed by atoms with van der Waals surface area (Å²) in [5.74, 6) is 0.426. The zero-order valence-electron chi connectivity index (χ0n) is 11.6. The van der Waals surface area contributed by atoms with Crippen LogP contribution < -0.4 is 9.64 Å². The summed E-state index contributed by atoms with van der Waals surface area (Å²) in [7, 11) is 3.47. The predicted octanol–water partition coefficient (Wildman–Crippen LogP) is 2.86. The number of carboxylic acid groups (broad SMARTS) is 1. The Morgan fingerprint density at radius 2 is 1.95 bits per heavy atom. The van der Waals surface area contributed by atoms with Gasteiger partial charge in [-0.3, -0.25) is 0 Å². The van der Waals surface area contributed by atoms with Gasteiger partial charge in [0, 0.05) is 7.05 Å². The zero-order valence-corrected chi connectivity index (χ0v) is 11.6. The van der Waals surface area contributed by atoms with E-state index >= 15 is 0 Å². The molecule has 1 heterocycles. The predicted molar refractivity (Wildman–Crippen MR) is 77.0 cm³/mol. The summed E-state index contributed by atoms with van der Waals surface area (Å²) in [6.07, 6.45) is 0. The molecule has 1 aromatic heterocycles. The minimum absolute atomic E-state index is 0.210. The number of nitrogens with zero attached hydrogens (tertiary/aromatic N) is 2. The SMILES string of the molecule is COc1ccccc1N(C)c1ccc(C(=O)O)c(C)n1. The number of para-hydroxylation sites is 2. The van der Waals surface area contributed by atoms with Crippen LogP contribution in [0.2, 0.25) is 0 Å². The highest BCUT2D eigenvalue weighted by molar-refractivity contribution is 5.89. The second kappa shape index (κ2) is 5.61. The number of hydrogen-bond acceptors (Lipinski definition) is 4. The Balaban J connectivity index is 2.41. The first kappa shape index (κ1) is 13.9. The minimum atomic E-state index is -0.971. The fourth-order valence-corrected chi connectivity index (χ4v) is 1.99. The second-order valence-electron chi connectivity index (χ2n) is 4.34. The van der Waals surface area contributed by atoms with E-state index in [0.717, 1.165) is 11.4 Å². The van der Waals surface area contributed by atoms with Crippen LogP contribution in [0.1, 0.15) is 16.1 Å². The molecule has 0 saturated carbocycles. The van der Waals surface area contributed by atoms with Crippen LogP contribution in [-0.2, 0) is 0 Å². The van der Waals surface area contributed by atoms with Gasteiger partial charge in [0.25, 0.3) is 0 Å². The molecule has 0 radical (unpaired) electrons. The van der Waals surface area contributed by atoms with Crippen molar-refractivity contribution in [1.29, 1.82) is 0 Å². The van der Waals surface area contributed by atoms with E-state index in [1.165, 1.54) is 0 Å². The monoisotopic (exact) mass is 272 g/mol. The Labute approximate surface area is 117 Å². The van der Waals surface area contributed by atoms with Crippen LogP contribution >= 0.6 is 0 Å². The first-order valence-corrected chi connectivity index (χ1v) is 6.12. The summed E-state index contributed by atoms with van der Waals surface area (Å²) >= 11 is 0. The van der Waals surface area contributed by atoms with Crippen molar-refractivity contribution in [2.75, 3.05) is 19.1 Å². The second-order valence-corrected chi connectivity index (χ2v) is 4.34. The molecule has 5 heteroatoms. The summed E-state index contributed by atoms with van der Waals surface area (Å²) < 4.78 is 5.32. The van der Waals surface area contributed by atoms with E-state index in [9.17, 15) is 4.79 Å². The van der Waals surface area contributed by atoms with Crippen molar-refractivity contribution in [3.8, 4) is 5.75 Å². The van der Waals surface area contributed by atoms with Gasteiger partial charge in [-0.15, -0.1) is 0 Å². The van der Waals surface area contributed by atoms with Crippen LogP contribution in [0.25, 0.3) is 0 Å². The molecule has 104 valence electrons. The lowest BCUT2D eigenvalue weighted by Crippen LogP contribution is -2.14. The van der Waals surface area contributed by atoms with E-state index in [-0.39, 0.29) is 5.56 Å². The molecule has 0 aliphatic carbocycles. The number of ether oxygens (including phenoxy) is 1. The number of aromatic nitrogens is 1. The van der Waals surface area contributed by atoms with Gasteiger partial charge >= 0.3 is 5.97 Å². The van der Waals surface area contributed by atoms with Crippen molar-refractivity contribution in [2.45, 2.75) is 6.92 Å². The Bertz CT molecular complexity index is 641. The van der Waals surface area contributed by atoms with Crippen LogP contribution in [0.3, 0.4) is 0 Å². The number of carboxylic acids is 1.